The van der Waals surface area contributed by atoms with Crippen molar-refractivity contribution < 1.29 is 173 Å². The first-order valence-electron chi connectivity index (χ1n) is 42.3. The number of alkyl halides is 14. The molecular weight excluding hydrogens is 2140 g/mol. The topological polar surface area (TPSA) is 598 Å². The van der Waals surface area contributed by atoms with Crippen LogP contribution in [0.25, 0.3) is 0 Å². The second-order valence-corrected chi connectivity index (χ2v) is 50.9. The normalized spacial score (nSPS) is 19.4. The molecule has 7 aliphatic rings. The molecule has 7 aliphatic heterocycles. The predicted octanol–water partition coefficient (Wildman–Crippen LogP) is 7.74. The van der Waals surface area contributed by atoms with Gasteiger partial charge in [-0.05, 0) is 143 Å². The number of sulfone groups is 7. The minimum Gasteiger partial charge on any atom is -0.417 e. The summed E-state index contributed by atoms with van der Waals surface area (Å²) in [5.74, 6) is -2.44. The first-order chi connectivity index (χ1) is 66.1. The van der Waals surface area contributed by atoms with E-state index in [1.165, 1.54) is 107 Å². The maximum absolute atomic E-state index is 14.7. The Morgan fingerprint density at radius 2 is 0.705 bits per heavy atom. The van der Waals surface area contributed by atoms with Gasteiger partial charge >= 0.3 is 36.0 Å². The number of ether oxygens (including phenoxy) is 2. The van der Waals surface area contributed by atoms with Gasteiger partial charge in [0.2, 0.25) is 82.2 Å². The van der Waals surface area contributed by atoms with Crippen LogP contribution in [-0.4, -0.2) is 255 Å². The summed E-state index contributed by atoms with van der Waals surface area (Å²) in [5.41, 5.74) is -13.3. The average Bonchev–Trinajstić information content (AvgIpc) is 1.56. The summed E-state index contributed by atoms with van der Waals surface area (Å²) in [5, 5.41) is 53.0. The Hall–Kier alpha value is -11.5. The van der Waals surface area contributed by atoms with E-state index in [4.69, 9.17) is 33.9 Å². The Balaban J connectivity index is 0.000000208. The summed E-state index contributed by atoms with van der Waals surface area (Å²) in [4.78, 5) is 43.3. The maximum atomic E-state index is 14.7. The Bertz CT molecular complexity index is 7170. The van der Waals surface area contributed by atoms with E-state index in [0.717, 1.165) is 32.9 Å². The molecule has 0 N–H and O–H groups in total. The third-order valence-corrected chi connectivity index (χ3v) is 32.1. The van der Waals surface area contributed by atoms with Crippen molar-refractivity contribution in [3.63, 3.8) is 0 Å². The van der Waals surface area contributed by atoms with Crippen molar-refractivity contribution >= 4 is 104 Å². The van der Waals surface area contributed by atoms with Crippen LogP contribution < -0.4 is 19.2 Å². The number of oxime groups is 7. The van der Waals surface area contributed by atoms with Crippen molar-refractivity contribution in [1.82, 2.24) is 89.4 Å². The van der Waals surface area contributed by atoms with Gasteiger partial charge in [0, 0.05) is 91.3 Å². The smallest absolute Gasteiger partial charge is 0.417 e. The highest BCUT2D eigenvalue weighted by molar-refractivity contribution is 8.08. The Morgan fingerprint density at radius 1 is 0.363 bits per heavy atom. The molecule has 820 valence electrons. The molecule has 146 heavy (non-hydrogen) atoms. The third-order valence-electron chi connectivity index (χ3n) is 20.7. The van der Waals surface area contributed by atoms with Gasteiger partial charge in [-0.1, -0.05) is 36.1 Å². The number of hydrogen-bond donors (Lipinski definition) is 0. The minimum atomic E-state index is -5.34. The van der Waals surface area contributed by atoms with Gasteiger partial charge in [-0.15, -0.1) is 0 Å². The Labute approximate surface area is 826 Å². The summed E-state index contributed by atoms with van der Waals surface area (Å²) < 4.78 is 371. The molecule has 0 fully saturated rings. The summed E-state index contributed by atoms with van der Waals surface area (Å²) in [6, 6.07) is 0. The van der Waals surface area contributed by atoms with Gasteiger partial charge < -0.3 is 43.3 Å². The monoisotopic (exact) mass is 2250 g/mol. The number of aromatic nitrogens is 19. The van der Waals surface area contributed by atoms with Gasteiger partial charge in [0.05, 0.1) is 58.1 Å². The van der Waals surface area contributed by atoms with Gasteiger partial charge in [-0.2, -0.15) is 114 Å². The van der Waals surface area contributed by atoms with Gasteiger partial charge in [-0.25, -0.2) is 90.7 Å². The molecule has 14 heterocycles. The number of halogens is 14. The van der Waals surface area contributed by atoms with Crippen LogP contribution in [0.4, 0.5) is 61.5 Å². The van der Waals surface area contributed by atoms with Gasteiger partial charge in [-0.3, -0.25) is 0 Å². The lowest BCUT2D eigenvalue weighted by Gasteiger charge is -2.17. The van der Waals surface area contributed by atoms with E-state index < -0.39 is 233 Å². The number of hydrogen-bond acceptors (Lipinski definition) is 42. The Morgan fingerprint density at radius 3 is 1.05 bits per heavy atom. The molecule has 0 amide bonds. The molecule has 0 aromatic carbocycles. The van der Waals surface area contributed by atoms with Crippen LogP contribution in [0.5, 0.6) is 11.8 Å². The van der Waals surface area contributed by atoms with E-state index >= 15 is 0 Å². The van der Waals surface area contributed by atoms with Crippen molar-refractivity contribution in [2.75, 3.05) is 0 Å². The fourth-order valence-electron chi connectivity index (χ4n) is 13.4. The van der Waals surface area contributed by atoms with Gasteiger partial charge in [0.15, 0.2) is 54.5 Å². The minimum absolute atomic E-state index is 0.0368. The zero-order valence-electron chi connectivity index (χ0n) is 83.3. The lowest BCUT2D eigenvalue weighted by Crippen LogP contribution is -2.57. The molecule has 0 bridgehead atoms. The largest absolute Gasteiger partial charge is 0.429 e. The summed E-state index contributed by atoms with van der Waals surface area (Å²) >= 11 is 0. The van der Waals surface area contributed by atoms with Crippen molar-refractivity contribution in [1.29, 1.82) is 0 Å². The first-order valence-corrected chi connectivity index (χ1v) is 53.3. The highest BCUT2D eigenvalue weighted by Crippen LogP contribution is 2.44. The molecule has 0 saturated carbocycles. The van der Waals surface area contributed by atoms with Crippen LogP contribution in [-0.2, 0) is 180 Å². The van der Waals surface area contributed by atoms with Gasteiger partial charge in [0.25, 0.3) is 25.2 Å². The lowest BCUT2D eigenvalue weighted by atomic mass is 10.1. The summed E-state index contributed by atoms with van der Waals surface area (Å²) in [6.45, 7) is 21.8. The van der Waals surface area contributed by atoms with Crippen LogP contribution in [0.1, 0.15) is 219 Å². The van der Waals surface area contributed by atoms with Gasteiger partial charge in [0.1, 0.15) is 56.6 Å². The number of nitrogens with zero attached hydrogens (tertiary/aromatic N) is 26. The summed E-state index contributed by atoms with van der Waals surface area (Å²) in [7, 11) is -21.1. The van der Waals surface area contributed by atoms with Crippen molar-refractivity contribution in [3.05, 3.63) is 79.5 Å². The fraction of sp³-hybridized carbons (Fsp3) is 0.693. The SMILES string of the molecule is Cc1nn(C)[n+](OC(F)F)c1C(F)(F)S(=O)(=O)C1=NOC(C)(C)C1.Cc1nn(C)c(OC(F)F)c1C(F)S(=O)(=O)C1=NOC(C)(C)C1.Cc1nn(C)c(OC(F)F)c1CS(=O)(=O)C1=NOC(C)(C)C1F.Cc1nn(C)nc1C(F)(F)S(=O)(=O)C1=NOC(C)(C)C1.Cc1nn(C)nc1C(F)S(=O)(=O)C1=NOC(C)(C)C1.Cc1nn(C)nc1CS(=O)(=O)C1=NOC(C)(C)C1.Cc1nn(C)nc1CS(=O)(=O)C1=NOC(C)(C)C1F. The third kappa shape index (κ3) is 27.1. The second kappa shape index (κ2) is 42.6. The highest BCUT2D eigenvalue weighted by atomic mass is 32.2. The van der Waals surface area contributed by atoms with E-state index in [1.54, 1.807) is 83.3 Å². The molecule has 71 heteroatoms. The maximum Gasteiger partial charge on any atom is 0.429 e. The van der Waals surface area contributed by atoms with E-state index in [9.17, 15) is 120 Å². The van der Waals surface area contributed by atoms with Crippen LogP contribution in [0.3, 0.4) is 0 Å². The highest BCUT2D eigenvalue weighted by Gasteiger charge is 2.62. The molecule has 0 spiro atoms. The van der Waals surface area contributed by atoms with E-state index in [1.807, 2.05) is 0 Å². The molecule has 14 rings (SSSR count). The molecule has 4 atom stereocenters. The summed E-state index contributed by atoms with van der Waals surface area (Å²) in [6.07, 6.45) is -4.15. The van der Waals surface area contributed by atoms with Crippen LogP contribution in [0.15, 0.2) is 36.1 Å². The zero-order chi connectivity index (χ0) is 111. The van der Waals surface area contributed by atoms with Crippen LogP contribution >= 0.6 is 0 Å². The lowest BCUT2D eigenvalue weighted by molar-refractivity contribution is -0.973. The second-order valence-electron chi connectivity index (χ2n) is 37.1. The van der Waals surface area contributed by atoms with E-state index in [-0.39, 0.29) is 92.5 Å². The molecule has 0 aliphatic carbocycles. The molecule has 7 aromatic rings. The standard InChI is InChI=1S/2C12H16F3N3O4S.C11H15F4N4O4S.C10H14F2N4O3S.2C10H15FN4O3S.C10H16N4O3S/c1-6-8(10(18(4)16-6)21-11(14)15)9(13)23(19,20)7-5-12(2,3)22-17-7;1-6-7(10(18(4)16-6)21-11(14)15)5-23(19,20)9-8(13)12(2,3)22-17-9;1-6-8(19(18(4)16-6)22-9(12)13)11(14,15)24(20,21)7-5-10(2,3)23-17-7;1-6-8(14-16(4)13-6)10(11,12)20(17,18)7-5-9(2,3)19-15-7;1-6-8(13-15(4)12-6)9(11)19(16,17)7-5-10(2,3)18-14-7;1-6-7(13-15(4)12-6)5-19(16,17)9-8(11)10(2,3)18-14-9;1-7-8(12-14(4)11-7)6-18(15,16)9-5-10(2,3)17-13-9/h9,11H,5H2,1-4H3;8,11H,5H2,1-4H3;9H,5H2,1-4H3;5H2,1-4H3;9H,5H2,1-4H3;8H,5H2,1-4H3;5-6H2,1-4H3/q;;+1;;;;. The van der Waals surface area contributed by atoms with Crippen molar-refractivity contribution in [2.24, 2.45) is 85.4 Å². The molecule has 0 saturated heterocycles. The van der Waals surface area contributed by atoms with Crippen LogP contribution in [0.2, 0.25) is 0 Å². The van der Waals surface area contributed by atoms with E-state index in [2.05, 4.69) is 106 Å². The van der Waals surface area contributed by atoms with Crippen molar-refractivity contribution in [3.8, 4) is 11.8 Å². The predicted molar refractivity (Wildman–Crippen MR) is 483 cm³/mol. The number of rotatable bonds is 20. The molecule has 4 unspecified atom stereocenters. The fourth-order valence-corrected chi connectivity index (χ4v) is 23.8. The Kier molecular flexibility index (Phi) is 34.9. The molecule has 7 aromatic heterocycles. The zero-order valence-corrected chi connectivity index (χ0v) is 89.0. The number of aryl methyl sites for hydroxylation is 14. The first kappa shape index (κ1) is 120. The van der Waals surface area contributed by atoms with E-state index in [0.29, 0.717) is 21.9 Å². The van der Waals surface area contributed by atoms with Crippen molar-refractivity contribution in [2.45, 2.75) is 288 Å². The average molecular weight is 2250 g/mol. The van der Waals surface area contributed by atoms with Crippen LogP contribution in [0, 0.1) is 48.5 Å². The molecule has 0 radical (unpaired) electrons. The molecular formula is C75H107F14N26O24S7+. The molecule has 50 nitrogen and oxygen atoms in total. The quantitative estimate of drug-likeness (QED) is 0.0520.